The van der Waals surface area contributed by atoms with Crippen molar-refractivity contribution in [1.29, 1.82) is 0 Å². The first-order valence-electron chi connectivity index (χ1n) is 8.95. The molecule has 7 heteroatoms. The lowest BCUT2D eigenvalue weighted by atomic mass is 9.88. The number of rotatable bonds is 3. The summed E-state index contributed by atoms with van der Waals surface area (Å²) in [6, 6.07) is 5.46. The number of hydrogen-bond donors (Lipinski definition) is 1. The third kappa shape index (κ3) is 2.41. The van der Waals surface area contributed by atoms with Gasteiger partial charge in [0.2, 0.25) is 5.89 Å². The predicted octanol–water partition coefficient (Wildman–Crippen LogP) is 3.56. The fourth-order valence-corrected chi connectivity index (χ4v) is 5.35. The second-order valence-corrected chi connectivity index (χ2v) is 7.75. The standard InChI is InChI=1S/C19H19F3N2O2/c20-19(21,22)15-4-2-1-3-13(15)18-23-12(9-26-18)8-24-7-11-5-10-6-14(11)16(24)17(10)25/h1-4,9-11,14,16-17,25H,5-8H2. The maximum atomic E-state index is 13.2. The van der Waals surface area contributed by atoms with Crippen LogP contribution in [0.4, 0.5) is 13.2 Å². The number of benzene rings is 1. The smallest absolute Gasteiger partial charge is 0.417 e. The zero-order valence-electron chi connectivity index (χ0n) is 14.0. The Hall–Kier alpha value is -1.86. The number of alkyl halides is 3. The molecule has 5 rings (SSSR count). The summed E-state index contributed by atoms with van der Waals surface area (Å²) in [5.74, 6) is 1.57. The Labute approximate surface area is 148 Å². The molecule has 2 aromatic rings. The molecule has 1 aliphatic heterocycles. The van der Waals surface area contributed by atoms with Crippen LogP contribution in [0.3, 0.4) is 0 Å². The summed E-state index contributed by atoms with van der Waals surface area (Å²) >= 11 is 0. The molecule has 1 aromatic heterocycles. The molecular formula is C19H19F3N2O2. The largest absolute Gasteiger partial charge is 0.444 e. The number of aliphatic hydroxyl groups is 1. The molecule has 2 heterocycles. The lowest BCUT2D eigenvalue weighted by Crippen LogP contribution is -2.40. The van der Waals surface area contributed by atoms with Crippen molar-refractivity contribution in [1.82, 2.24) is 9.88 Å². The number of nitrogens with zero attached hydrogens (tertiary/aromatic N) is 2. The zero-order chi connectivity index (χ0) is 18.1. The topological polar surface area (TPSA) is 49.5 Å². The van der Waals surface area contributed by atoms with Gasteiger partial charge in [0.1, 0.15) is 6.26 Å². The third-order valence-corrected chi connectivity index (χ3v) is 6.33. The Morgan fingerprint density at radius 3 is 2.77 bits per heavy atom. The summed E-state index contributed by atoms with van der Waals surface area (Å²) in [7, 11) is 0. The Kier molecular flexibility index (Phi) is 3.49. The predicted molar refractivity (Wildman–Crippen MR) is 86.8 cm³/mol. The Morgan fingerprint density at radius 1 is 1.19 bits per heavy atom. The number of halogens is 3. The molecule has 0 spiro atoms. The average molecular weight is 364 g/mol. The average Bonchev–Trinajstić information content (AvgIpc) is 3.31. The SMILES string of the molecule is OC1C2CC3CN(Cc4coc(-c5ccccc5C(F)(F)F)n4)C1C3C2. The molecule has 3 aliphatic rings. The second kappa shape index (κ2) is 5.57. The van der Waals surface area contributed by atoms with E-state index in [0.717, 1.165) is 25.5 Å². The lowest BCUT2D eigenvalue weighted by Gasteiger charge is -2.28. The van der Waals surface area contributed by atoms with Gasteiger partial charge < -0.3 is 9.52 Å². The van der Waals surface area contributed by atoms with Crippen molar-refractivity contribution in [3.05, 3.63) is 41.8 Å². The summed E-state index contributed by atoms with van der Waals surface area (Å²) in [5, 5.41) is 10.5. The number of oxazole rings is 1. The highest BCUT2D eigenvalue weighted by atomic mass is 19.4. The van der Waals surface area contributed by atoms with Gasteiger partial charge in [-0.1, -0.05) is 12.1 Å². The van der Waals surface area contributed by atoms with Gasteiger partial charge in [0.05, 0.1) is 17.4 Å². The summed E-state index contributed by atoms with van der Waals surface area (Å²) in [5.41, 5.74) is -0.190. The van der Waals surface area contributed by atoms with Crippen LogP contribution in [0, 0.1) is 17.8 Å². The van der Waals surface area contributed by atoms with Crippen molar-refractivity contribution in [2.75, 3.05) is 6.54 Å². The van der Waals surface area contributed by atoms with Gasteiger partial charge in [-0.3, -0.25) is 4.90 Å². The molecule has 2 saturated carbocycles. The molecule has 2 aliphatic carbocycles. The first kappa shape index (κ1) is 16.3. The fourth-order valence-electron chi connectivity index (χ4n) is 5.35. The van der Waals surface area contributed by atoms with Crippen LogP contribution in [-0.4, -0.2) is 33.7 Å². The zero-order valence-corrected chi connectivity index (χ0v) is 14.0. The van der Waals surface area contributed by atoms with Gasteiger partial charge >= 0.3 is 6.18 Å². The van der Waals surface area contributed by atoms with Gasteiger partial charge in [-0.2, -0.15) is 13.2 Å². The Bertz CT molecular complexity index is 832. The molecule has 0 radical (unpaired) electrons. The fraction of sp³-hybridized carbons (Fsp3) is 0.526. The summed E-state index contributed by atoms with van der Waals surface area (Å²) in [6.07, 6.45) is -1.14. The third-order valence-electron chi connectivity index (χ3n) is 6.33. The van der Waals surface area contributed by atoms with Crippen LogP contribution in [-0.2, 0) is 12.7 Å². The van der Waals surface area contributed by atoms with E-state index in [1.807, 2.05) is 0 Å². The molecule has 1 N–H and O–H groups in total. The Balaban J connectivity index is 1.39. The summed E-state index contributed by atoms with van der Waals surface area (Å²) in [4.78, 5) is 6.53. The van der Waals surface area contributed by atoms with Crippen molar-refractivity contribution < 1.29 is 22.7 Å². The number of likely N-dealkylation sites (tertiary alicyclic amines) is 1. The maximum absolute atomic E-state index is 13.2. The summed E-state index contributed by atoms with van der Waals surface area (Å²) < 4.78 is 45.0. The van der Waals surface area contributed by atoms with Gasteiger partial charge in [0.15, 0.2) is 0 Å². The highest BCUT2D eigenvalue weighted by molar-refractivity contribution is 5.59. The van der Waals surface area contributed by atoms with E-state index in [9.17, 15) is 18.3 Å². The van der Waals surface area contributed by atoms with Gasteiger partial charge in [-0.15, -0.1) is 0 Å². The van der Waals surface area contributed by atoms with E-state index >= 15 is 0 Å². The van der Waals surface area contributed by atoms with Gasteiger partial charge in [-0.25, -0.2) is 4.98 Å². The molecule has 0 amide bonds. The van der Waals surface area contributed by atoms with Crippen LogP contribution in [0.1, 0.15) is 24.1 Å². The molecule has 5 atom stereocenters. The monoisotopic (exact) mass is 364 g/mol. The first-order chi connectivity index (χ1) is 12.4. The first-order valence-corrected chi connectivity index (χ1v) is 8.95. The number of aliphatic hydroxyl groups excluding tert-OH is 1. The van der Waals surface area contributed by atoms with E-state index in [0.29, 0.717) is 30.0 Å². The molecule has 4 nitrogen and oxygen atoms in total. The molecule has 1 aromatic carbocycles. The van der Waals surface area contributed by atoms with Gasteiger partial charge in [-0.05, 0) is 42.7 Å². The minimum Gasteiger partial charge on any atom is -0.444 e. The van der Waals surface area contributed by atoms with Crippen LogP contribution >= 0.6 is 0 Å². The van der Waals surface area contributed by atoms with Gasteiger partial charge in [0, 0.05) is 24.7 Å². The molecule has 3 fully saturated rings. The van der Waals surface area contributed by atoms with Crippen LogP contribution in [0.15, 0.2) is 34.9 Å². The van der Waals surface area contributed by atoms with Gasteiger partial charge in [0.25, 0.3) is 0 Å². The molecule has 1 saturated heterocycles. The van der Waals surface area contributed by atoms with Crippen molar-refractivity contribution in [2.45, 2.75) is 37.7 Å². The summed E-state index contributed by atoms with van der Waals surface area (Å²) in [6.45, 7) is 1.42. The molecule has 2 bridgehead atoms. The normalized spacial score (nSPS) is 33.3. The number of aromatic nitrogens is 1. The maximum Gasteiger partial charge on any atom is 0.417 e. The van der Waals surface area contributed by atoms with E-state index in [2.05, 4.69) is 9.88 Å². The van der Waals surface area contributed by atoms with Crippen molar-refractivity contribution >= 4 is 0 Å². The quantitative estimate of drug-likeness (QED) is 0.905. The number of fused-ring (bicyclic) bond motifs is 1. The highest BCUT2D eigenvalue weighted by Crippen LogP contribution is 2.55. The molecule has 138 valence electrons. The highest BCUT2D eigenvalue weighted by Gasteiger charge is 2.58. The van der Waals surface area contributed by atoms with Crippen molar-refractivity contribution in [3.8, 4) is 11.5 Å². The Morgan fingerprint density at radius 2 is 2.00 bits per heavy atom. The second-order valence-electron chi connectivity index (χ2n) is 7.75. The van der Waals surface area contributed by atoms with Crippen LogP contribution in [0.2, 0.25) is 0 Å². The van der Waals surface area contributed by atoms with Crippen LogP contribution < -0.4 is 0 Å². The molecule has 5 unspecified atom stereocenters. The van der Waals surface area contributed by atoms with Crippen LogP contribution in [0.25, 0.3) is 11.5 Å². The van der Waals surface area contributed by atoms with Crippen LogP contribution in [0.5, 0.6) is 0 Å². The molecule has 26 heavy (non-hydrogen) atoms. The number of hydrogen-bond acceptors (Lipinski definition) is 4. The van der Waals surface area contributed by atoms with E-state index in [4.69, 9.17) is 4.42 Å². The minimum atomic E-state index is -4.46. The van der Waals surface area contributed by atoms with E-state index in [1.165, 1.54) is 18.4 Å². The van der Waals surface area contributed by atoms with Crippen molar-refractivity contribution in [3.63, 3.8) is 0 Å². The van der Waals surface area contributed by atoms with Crippen molar-refractivity contribution in [2.24, 2.45) is 17.8 Å². The molecular weight excluding hydrogens is 345 g/mol. The van der Waals surface area contributed by atoms with E-state index in [1.54, 1.807) is 6.07 Å². The van der Waals surface area contributed by atoms with E-state index in [-0.39, 0.29) is 23.6 Å². The minimum absolute atomic E-state index is 0.0139. The van der Waals surface area contributed by atoms with E-state index < -0.39 is 11.7 Å². The lowest BCUT2D eigenvalue weighted by molar-refractivity contribution is -0.137.